The first-order chi connectivity index (χ1) is 9.65. The molecule has 0 spiro atoms. The van der Waals surface area contributed by atoms with Crippen molar-refractivity contribution >= 4 is 23.2 Å². The Labute approximate surface area is 131 Å². The fourth-order valence-corrected chi connectivity index (χ4v) is 2.19. The van der Waals surface area contributed by atoms with Gasteiger partial charge in [0.25, 0.3) is 0 Å². The van der Waals surface area contributed by atoms with Gasteiger partial charge in [0.2, 0.25) is 0 Å². The molecule has 20 heavy (non-hydrogen) atoms. The summed E-state index contributed by atoms with van der Waals surface area (Å²) in [5.74, 6) is 0. The van der Waals surface area contributed by atoms with Gasteiger partial charge in [0.1, 0.15) is 0 Å². The Morgan fingerprint density at radius 1 is 1.25 bits per heavy atom. The zero-order valence-corrected chi connectivity index (χ0v) is 13.4. The Morgan fingerprint density at radius 2 is 2.00 bits per heavy atom. The molecule has 0 heterocycles. The lowest BCUT2D eigenvalue weighted by atomic mass is 10.1. The molecule has 1 aromatic rings. The van der Waals surface area contributed by atoms with E-state index in [0.717, 1.165) is 39.0 Å². The Kier molecular flexibility index (Phi) is 9.23. The highest BCUT2D eigenvalue weighted by atomic mass is 35.5. The van der Waals surface area contributed by atoms with E-state index in [1.54, 1.807) is 18.2 Å². The maximum Gasteiger partial charge on any atom is 0.0929 e. The lowest BCUT2D eigenvalue weighted by molar-refractivity contribution is 0.126. The van der Waals surface area contributed by atoms with Crippen molar-refractivity contribution in [2.75, 3.05) is 26.3 Å². The van der Waals surface area contributed by atoms with E-state index < -0.39 is 6.10 Å². The van der Waals surface area contributed by atoms with Gasteiger partial charge in [-0.3, -0.25) is 0 Å². The molecule has 0 fully saturated rings. The second-order valence-electron chi connectivity index (χ2n) is 4.71. The number of hydrogen-bond acceptors (Lipinski definition) is 3. The van der Waals surface area contributed by atoms with E-state index in [4.69, 9.17) is 27.9 Å². The number of unbranched alkanes of at least 4 members (excludes halogenated alkanes) is 1. The number of nitrogens with one attached hydrogen (secondary N) is 1. The largest absolute Gasteiger partial charge is 0.387 e. The Hall–Kier alpha value is -0.320. The van der Waals surface area contributed by atoms with Crippen molar-refractivity contribution in [1.29, 1.82) is 0 Å². The summed E-state index contributed by atoms with van der Waals surface area (Å²) in [7, 11) is 0. The Balaban J connectivity index is 2.17. The topological polar surface area (TPSA) is 41.5 Å². The van der Waals surface area contributed by atoms with Gasteiger partial charge in [-0.25, -0.2) is 0 Å². The normalized spacial score (nSPS) is 12.6. The highest BCUT2D eigenvalue weighted by molar-refractivity contribution is 6.33. The van der Waals surface area contributed by atoms with Gasteiger partial charge in [-0.1, -0.05) is 36.5 Å². The number of hydrogen-bond donors (Lipinski definition) is 2. The molecule has 0 saturated carbocycles. The fourth-order valence-electron chi connectivity index (χ4n) is 1.77. The van der Waals surface area contributed by atoms with Crippen molar-refractivity contribution in [3.05, 3.63) is 33.8 Å². The SMILES string of the molecule is CCCCOCCCNCC(O)c1cc(Cl)ccc1Cl. The third kappa shape index (κ3) is 6.91. The molecule has 2 N–H and O–H groups in total. The molecule has 0 aliphatic rings. The highest BCUT2D eigenvalue weighted by Crippen LogP contribution is 2.25. The molecule has 1 atom stereocenters. The van der Waals surface area contributed by atoms with Crippen LogP contribution in [0.5, 0.6) is 0 Å². The molecule has 0 radical (unpaired) electrons. The maximum absolute atomic E-state index is 10.1. The molecule has 114 valence electrons. The molecule has 1 aromatic carbocycles. The van der Waals surface area contributed by atoms with E-state index in [1.165, 1.54) is 0 Å². The Bertz CT molecular complexity index is 388. The summed E-state index contributed by atoms with van der Waals surface area (Å²) in [6.07, 6.45) is 2.55. The van der Waals surface area contributed by atoms with E-state index in [9.17, 15) is 5.11 Å². The quantitative estimate of drug-likeness (QED) is 0.644. The van der Waals surface area contributed by atoms with Gasteiger partial charge in [0.15, 0.2) is 0 Å². The van der Waals surface area contributed by atoms with Crippen LogP contribution in [0.25, 0.3) is 0 Å². The molecule has 1 unspecified atom stereocenters. The monoisotopic (exact) mass is 319 g/mol. The molecular weight excluding hydrogens is 297 g/mol. The van der Waals surface area contributed by atoms with Crippen LogP contribution < -0.4 is 5.32 Å². The van der Waals surface area contributed by atoms with Crippen molar-refractivity contribution in [2.24, 2.45) is 0 Å². The molecule has 0 bridgehead atoms. The minimum Gasteiger partial charge on any atom is -0.387 e. The summed E-state index contributed by atoms with van der Waals surface area (Å²) < 4.78 is 5.46. The first-order valence-corrected chi connectivity index (χ1v) is 7.82. The molecule has 0 aromatic heterocycles. The Morgan fingerprint density at radius 3 is 2.75 bits per heavy atom. The summed E-state index contributed by atoms with van der Waals surface area (Å²) in [4.78, 5) is 0. The van der Waals surface area contributed by atoms with Crippen molar-refractivity contribution in [2.45, 2.75) is 32.3 Å². The van der Waals surface area contributed by atoms with Crippen LogP contribution >= 0.6 is 23.2 Å². The number of ether oxygens (including phenoxy) is 1. The minimum absolute atomic E-state index is 0.453. The van der Waals surface area contributed by atoms with Crippen LogP contribution in [0.3, 0.4) is 0 Å². The standard InChI is InChI=1S/C15H23Cl2NO2/c1-2-3-8-20-9-4-7-18-11-15(19)13-10-12(16)5-6-14(13)17/h5-6,10,15,18-19H,2-4,7-9,11H2,1H3. The van der Waals surface area contributed by atoms with Crippen LogP contribution in [-0.4, -0.2) is 31.4 Å². The predicted molar refractivity (Wildman–Crippen MR) is 84.6 cm³/mol. The van der Waals surface area contributed by atoms with Crippen LogP contribution in [0.1, 0.15) is 37.9 Å². The summed E-state index contributed by atoms with van der Waals surface area (Å²) in [5, 5.41) is 14.4. The molecule has 0 amide bonds. The van der Waals surface area contributed by atoms with Crippen molar-refractivity contribution in [1.82, 2.24) is 5.32 Å². The molecular formula is C15H23Cl2NO2. The molecule has 0 aliphatic heterocycles. The van der Waals surface area contributed by atoms with Crippen LogP contribution in [0, 0.1) is 0 Å². The average molecular weight is 320 g/mol. The van der Waals surface area contributed by atoms with Gasteiger partial charge in [0.05, 0.1) is 6.10 Å². The molecule has 1 rings (SSSR count). The van der Waals surface area contributed by atoms with Gasteiger partial charge in [-0.15, -0.1) is 0 Å². The lowest BCUT2D eigenvalue weighted by Crippen LogP contribution is -2.23. The van der Waals surface area contributed by atoms with Crippen LogP contribution in [0.4, 0.5) is 0 Å². The first kappa shape index (κ1) is 17.7. The average Bonchev–Trinajstić information content (AvgIpc) is 2.44. The summed E-state index contributed by atoms with van der Waals surface area (Å²) >= 11 is 11.9. The second kappa shape index (κ2) is 10.4. The molecule has 0 saturated heterocycles. The van der Waals surface area contributed by atoms with Gasteiger partial charge in [-0.05, 0) is 37.6 Å². The van der Waals surface area contributed by atoms with Crippen molar-refractivity contribution < 1.29 is 9.84 Å². The zero-order valence-electron chi connectivity index (χ0n) is 11.9. The van der Waals surface area contributed by atoms with Crippen molar-refractivity contribution in [3.63, 3.8) is 0 Å². The van der Waals surface area contributed by atoms with Crippen LogP contribution in [-0.2, 0) is 4.74 Å². The van der Waals surface area contributed by atoms with E-state index in [2.05, 4.69) is 12.2 Å². The van der Waals surface area contributed by atoms with E-state index in [0.29, 0.717) is 22.2 Å². The van der Waals surface area contributed by atoms with E-state index >= 15 is 0 Å². The van der Waals surface area contributed by atoms with Gasteiger partial charge in [0, 0.05) is 35.4 Å². The van der Waals surface area contributed by atoms with E-state index in [1.807, 2.05) is 0 Å². The molecule has 5 heteroatoms. The predicted octanol–water partition coefficient (Wildman–Crippen LogP) is 3.82. The number of aliphatic hydroxyl groups is 1. The highest BCUT2D eigenvalue weighted by Gasteiger charge is 2.11. The molecule has 3 nitrogen and oxygen atoms in total. The maximum atomic E-state index is 10.1. The van der Waals surface area contributed by atoms with Crippen LogP contribution in [0.2, 0.25) is 10.0 Å². The summed E-state index contributed by atoms with van der Waals surface area (Å²) in [5.41, 5.74) is 0.658. The van der Waals surface area contributed by atoms with Crippen molar-refractivity contribution in [3.8, 4) is 0 Å². The number of rotatable bonds is 10. The van der Waals surface area contributed by atoms with Crippen LogP contribution in [0.15, 0.2) is 18.2 Å². The smallest absolute Gasteiger partial charge is 0.0929 e. The summed E-state index contributed by atoms with van der Waals surface area (Å²) in [6, 6.07) is 5.11. The summed E-state index contributed by atoms with van der Waals surface area (Å²) in [6.45, 7) is 4.99. The third-order valence-electron chi connectivity index (χ3n) is 2.94. The number of aliphatic hydroxyl groups excluding tert-OH is 1. The lowest BCUT2D eigenvalue weighted by Gasteiger charge is -2.14. The zero-order chi connectivity index (χ0) is 14.8. The van der Waals surface area contributed by atoms with Gasteiger partial charge < -0.3 is 15.2 Å². The fraction of sp³-hybridized carbons (Fsp3) is 0.600. The minimum atomic E-state index is -0.651. The van der Waals surface area contributed by atoms with Gasteiger partial charge >= 0.3 is 0 Å². The second-order valence-corrected chi connectivity index (χ2v) is 5.55. The third-order valence-corrected chi connectivity index (χ3v) is 3.52. The van der Waals surface area contributed by atoms with E-state index in [-0.39, 0.29) is 0 Å². The van der Waals surface area contributed by atoms with Gasteiger partial charge in [-0.2, -0.15) is 0 Å². The molecule has 0 aliphatic carbocycles. The number of halogens is 2. The first-order valence-electron chi connectivity index (χ1n) is 7.06. The number of benzene rings is 1.